The minimum Gasteiger partial charge on any atom is -0.475 e. The number of nitrogen functional groups attached to an aromatic ring is 1. The van der Waals surface area contributed by atoms with E-state index in [1.165, 1.54) is 0 Å². The highest BCUT2D eigenvalue weighted by molar-refractivity contribution is 6.31. The molecule has 0 saturated carbocycles. The molecule has 0 aliphatic carbocycles. The smallest absolute Gasteiger partial charge is 0.475 e. The highest BCUT2D eigenvalue weighted by Gasteiger charge is 2.38. The van der Waals surface area contributed by atoms with E-state index in [2.05, 4.69) is 26.6 Å². The summed E-state index contributed by atoms with van der Waals surface area (Å²) in [6.45, 7) is 2.05. The van der Waals surface area contributed by atoms with Gasteiger partial charge in [0.15, 0.2) is 5.58 Å². The van der Waals surface area contributed by atoms with Gasteiger partial charge in [-0.25, -0.2) is 19.6 Å². The molecule has 1 aliphatic rings. The number of oxazole rings is 1. The van der Waals surface area contributed by atoms with E-state index in [9.17, 15) is 26.3 Å². The lowest BCUT2D eigenvalue weighted by atomic mass is 10.1. The molecule has 5 rings (SSSR count). The minimum absolute atomic E-state index is 0.368. The number of carbonyl (C=O) groups is 2. The van der Waals surface area contributed by atoms with Crippen LogP contribution in [0, 0.1) is 0 Å². The van der Waals surface area contributed by atoms with Crippen molar-refractivity contribution in [2.45, 2.75) is 31.2 Å². The average molecular weight is 623 g/mol. The molecular formula is C24H21ClF6N6O5. The van der Waals surface area contributed by atoms with E-state index >= 15 is 0 Å². The summed E-state index contributed by atoms with van der Waals surface area (Å²) in [5, 5.41) is 22.8. The van der Waals surface area contributed by atoms with Crippen molar-refractivity contribution in [3.63, 3.8) is 0 Å². The molecule has 18 heteroatoms. The Kier molecular flexibility index (Phi) is 10.0. The van der Waals surface area contributed by atoms with Gasteiger partial charge in [-0.3, -0.25) is 4.68 Å². The van der Waals surface area contributed by atoms with Gasteiger partial charge in [0, 0.05) is 28.5 Å². The number of nitrogens with one attached hydrogen (secondary N) is 1. The molecule has 42 heavy (non-hydrogen) atoms. The van der Waals surface area contributed by atoms with Gasteiger partial charge >= 0.3 is 24.3 Å². The highest BCUT2D eigenvalue weighted by Crippen LogP contribution is 2.32. The second kappa shape index (κ2) is 13.1. The number of nitrogens with zero attached hydrogens (tertiary/aromatic N) is 4. The number of carboxylic acids is 2. The SMILES string of the molecule is Nc1ncc(-c2cnn(C3CCNCC3)c2)cc1-c1nc2cc(Cl)ccc2o1.O=C(O)C(F)(F)F.O=C(O)C(F)(F)F. The first-order valence-corrected chi connectivity index (χ1v) is 12.1. The Morgan fingerprint density at radius 2 is 1.60 bits per heavy atom. The molecular weight excluding hydrogens is 602 g/mol. The van der Waals surface area contributed by atoms with E-state index in [-0.39, 0.29) is 0 Å². The summed E-state index contributed by atoms with van der Waals surface area (Å²) in [5.41, 5.74) is 10.0. The lowest BCUT2D eigenvalue weighted by molar-refractivity contribution is -0.193. The number of pyridine rings is 1. The van der Waals surface area contributed by atoms with Crippen LogP contribution in [0.3, 0.4) is 0 Å². The fourth-order valence-corrected chi connectivity index (χ4v) is 3.74. The van der Waals surface area contributed by atoms with E-state index in [0.29, 0.717) is 39.4 Å². The summed E-state index contributed by atoms with van der Waals surface area (Å²) >= 11 is 6.04. The first-order valence-electron chi connectivity index (χ1n) is 11.7. The number of aliphatic carboxylic acids is 2. The van der Waals surface area contributed by atoms with Crippen LogP contribution in [0.15, 0.2) is 47.3 Å². The molecule has 3 aromatic heterocycles. The molecule has 0 radical (unpaired) electrons. The standard InChI is InChI=1S/C20H19ClN6O.2C2HF3O2/c21-14-1-2-18-17(8-14)26-20(28-18)16-7-12(9-24-19(16)22)13-10-25-27(11-13)15-3-5-23-6-4-15;2*3-2(4,5)1(6)7/h1-2,7-11,15,23H,3-6H2,(H2,22,24);2*(H,6,7). The molecule has 11 nitrogen and oxygen atoms in total. The van der Waals surface area contributed by atoms with E-state index in [1.807, 2.05) is 16.9 Å². The molecule has 0 spiro atoms. The number of aromatic nitrogens is 4. The normalized spacial score (nSPS) is 14.0. The topological polar surface area (TPSA) is 169 Å². The monoisotopic (exact) mass is 622 g/mol. The summed E-state index contributed by atoms with van der Waals surface area (Å²) in [7, 11) is 0. The molecule has 0 atom stereocenters. The summed E-state index contributed by atoms with van der Waals surface area (Å²) in [4.78, 5) is 26.7. The van der Waals surface area contributed by atoms with Gasteiger partial charge in [0.25, 0.3) is 0 Å². The molecule has 0 amide bonds. The molecule has 0 bridgehead atoms. The fourth-order valence-electron chi connectivity index (χ4n) is 3.58. The van der Waals surface area contributed by atoms with Gasteiger partial charge in [0.05, 0.1) is 17.8 Å². The van der Waals surface area contributed by atoms with Crippen molar-refractivity contribution in [1.82, 2.24) is 25.1 Å². The number of hydrogen-bond acceptors (Lipinski definition) is 8. The van der Waals surface area contributed by atoms with Gasteiger partial charge in [0.1, 0.15) is 11.3 Å². The predicted octanol–water partition coefficient (Wildman–Crippen LogP) is 5.18. The van der Waals surface area contributed by atoms with Crippen LogP contribution in [0.5, 0.6) is 0 Å². The molecule has 1 saturated heterocycles. The van der Waals surface area contributed by atoms with E-state index in [4.69, 9.17) is 41.6 Å². The Bertz CT molecular complexity index is 1520. The number of fused-ring (bicyclic) bond motifs is 1. The lowest BCUT2D eigenvalue weighted by Gasteiger charge is -2.22. The summed E-state index contributed by atoms with van der Waals surface area (Å²) in [6, 6.07) is 7.70. The predicted molar refractivity (Wildman–Crippen MR) is 136 cm³/mol. The van der Waals surface area contributed by atoms with Crippen LogP contribution in [0.1, 0.15) is 18.9 Å². The maximum absolute atomic E-state index is 10.6. The highest BCUT2D eigenvalue weighted by atomic mass is 35.5. The van der Waals surface area contributed by atoms with E-state index < -0.39 is 24.3 Å². The number of piperidine rings is 1. The Morgan fingerprint density at radius 3 is 2.17 bits per heavy atom. The first-order chi connectivity index (χ1) is 19.6. The third-order valence-electron chi connectivity index (χ3n) is 5.60. The first kappa shape index (κ1) is 32.1. The Morgan fingerprint density at radius 1 is 1.00 bits per heavy atom. The number of anilines is 1. The van der Waals surface area contributed by atoms with Crippen molar-refractivity contribution in [1.29, 1.82) is 0 Å². The Labute approximate surface area is 236 Å². The fraction of sp³-hybridized carbons (Fsp3) is 0.292. The van der Waals surface area contributed by atoms with Crippen molar-refractivity contribution < 1.29 is 50.6 Å². The van der Waals surface area contributed by atoms with Crippen molar-refractivity contribution >= 4 is 40.5 Å². The molecule has 1 aromatic carbocycles. The second-order valence-electron chi connectivity index (χ2n) is 8.58. The van der Waals surface area contributed by atoms with Gasteiger partial charge in [-0.05, 0) is 50.2 Å². The molecule has 1 aliphatic heterocycles. The molecule has 4 aromatic rings. The Hall–Kier alpha value is -4.38. The summed E-state index contributed by atoms with van der Waals surface area (Å²) in [5.74, 6) is -4.72. The van der Waals surface area contributed by atoms with Crippen LogP contribution < -0.4 is 11.1 Å². The third-order valence-corrected chi connectivity index (χ3v) is 5.84. The van der Waals surface area contributed by atoms with Gasteiger partial charge in [-0.2, -0.15) is 31.4 Å². The van der Waals surface area contributed by atoms with E-state index in [0.717, 1.165) is 37.1 Å². The molecule has 226 valence electrons. The molecule has 4 heterocycles. The zero-order chi connectivity index (χ0) is 31.2. The second-order valence-corrected chi connectivity index (χ2v) is 9.02. The number of carboxylic acid groups (broad SMARTS) is 2. The Balaban J connectivity index is 0.000000289. The lowest BCUT2D eigenvalue weighted by Crippen LogP contribution is -2.29. The number of nitrogens with two attached hydrogens (primary N) is 1. The average Bonchev–Trinajstić information content (AvgIpc) is 3.57. The summed E-state index contributed by atoms with van der Waals surface area (Å²) in [6.07, 6.45) is -2.32. The van der Waals surface area contributed by atoms with Gasteiger partial charge in [0.2, 0.25) is 5.89 Å². The van der Waals surface area contributed by atoms with Crippen LogP contribution >= 0.6 is 11.6 Å². The van der Waals surface area contributed by atoms with Gasteiger partial charge in [-0.15, -0.1) is 0 Å². The maximum Gasteiger partial charge on any atom is 0.490 e. The number of alkyl halides is 6. The van der Waals surface area contributed by atoms with Crippen molar-refractivity contribution in [2.75, 3.05) is 18.8 Å². The molecule has 0 unspecified atom stereocenters. The van der Waals surface area contributed by atoms with Crippen LogP contribution in [-0.2, 0) is 9.59 Å². The van der Waals surface area contributed by atoms with Crippen LogP contribution in [0.2, 0.25) is 5.02 Å². The van der Waals surface area contributed by atoms with Gasteiger partial charge < -0.3 is 25.7 Å². The zero-order valence-corrected chi connectivity index (χ0v) is 21.8. The number of hydrogen-bond donors (Lipinski definition) is 4. The quantitative estimate of drug-likeness (QED) is 0.223. The maximum atomic E-state index is 10.6. The van der Waals surface area contributed by atoms with Gasteiger partial charge in [-0.1, -0.05) is 11.6 Å². The third kappa shape index (κ3) is 8.56. The molecule has 1 fully saturated rings. The number of halogens is 7. The minimum atomic E-state index is -5.08. The summed E-state index contributed by atoms with van der Waals surface area (Å²) < 4.78 is 71.4. The van der Waals surface area contributed by atoms with Crippen LogP contribution in [-0.4, -0.2) is 67.3 Å². The molecule has 5 N–H and O–H groups in total. The largest absolute Gasteiger partial charge is 0.490 e. The van der Waals surface area contributed by atoms with E-state index in [1.54, 1.807) is 24.4 Å². The van der Waals surface area contributed by atoms with Crippen molar-refractivity contribution in [2.24, 2.45) is 0 Å². The number of benzene rings is 1. The number of rotatable bonds is 3. The van der Waals surface area contributed by atoms with Crippen molar-refractivity contribution in [3.05, 3.63) is 47.9 Å². The van der Waals surface area contributed by atoms with Crippen LogP contribution in [0.4, 0.5) is 32.2 Å². The van der Waals surface area contributed by atoms with Crippen molar-refractivity contribution in [3.8, 4) is 22.6 Å². The van der Waals surface area contributed by atoms with Crippen LogP contribution in [0.25, 0.3) is 33.7 Å². The zero-order valence-electron chi connectivity index (χ0n) is 21.1.